The summed E-state index contributed by atoms with van der Waals surface area (Å²) in [5.41, 5.74) is 0.617. The Kier molecular flexibility index (Phi) is 2.87. The predicted octanol–water partition coefficient (Wildman–Crippen LogP) is 1.42. The molecule has 4 rings (SSSR count). The second kappa shape index (κ2) is 4.64. The monoisotopic (exact) mass is 305 g/mol. The smallest absolute Gasteiger partial charge is 0.308 e. The number of nitrogens with one attached hydrogen (secondary N) is 1. The van der Waals surface area contributed by atoms with Crippen LogP contribution in [0.4, 0.5) is 0 Å². The van der Waals surface area contributed by atoms with E-state index in [0.29, 0.717) is 29.5 Å². The van der Waals surface area contributed by atoms with E-state index in [1.165, 1.54) is 11.3 Å². The summed E-state index contributed by atoms with van der Waals surface area (Å²) in [6.07, 6.45) is 2.68. The number of carboxylic acids is 1. The van der Waals surface area contributed by atoms with Gasteiger partial charge in [-0.05, 0) is 30.7 Å². The molecular weight excluding hydrogens is 290 g/mol. The van der Waals surface area contributed by atoms with Gasteiger partial charge in [0.15, 0.2) is 0 Å². The van der Waals surface area contributed by atoms with Crippen LogP contribution in [0.5, 0.6) is 0 Å². The lowest BCUT2D eigenvalue weighted by molar-refractivity contribution is -0.142. The number of carbonyl (C=O) groups is 1. The highest BCUT2D eigenvalue weighted by Crippen LogP contribution is 2.42. The standard InChI is InChI=1S/C14H15N3O3S/c18-13-12-9(3-4-21-12)15-11(16-13)6-17-7-1-2-10(17)8(5-7)14(19)20/h3-4,7-8,10H,1-2,5-6H2,(H,19,20)(H,15,16,18). The average Bonchev–Trinajstić information content (AvgIpc) is 3.14. The Morgan fingerprint density at radius 3 is 3.14 bits per heavy atom. The Bertz CT molecular complexity index is 768. The maximum absolute atomic E-state index is 12.0. The van der Waals surface area contributed by atoms with E-state index in [4.69, 9.17) is 0 Å². The van der Waals surface area contributed by atoms with E-state index in [-0.39, 0.29) is 17.5 Å². The maximum Gasteiger partial charge on any atom is 0.308 e. The third-order valence-corrected chi connectivity index (χ3v) is 5.60. The maximum atomic E-state index is 12.0. The van der Waals surface area contributed by atoms with Crippen LogP contribution in [0.25, 0.3) is 10.2 Å². The lowest BCUT2D eigenvalue weighted by atomic mass is 9.89. The Hall–Kier alpha value is -1.73. The van der Waals surface area contributed by atoms with Crippen molar-refractivity contribution in [2.75, 3.05) is 0 Å². The lowest BCUT2D eigenvalue weighted by Gasteiger charge is -2.21. The first-order valence-corrected chi connectivity index (χ1v) is 7.96. The van der Waals surface area contributed by atoms with E-state index >= 15 is 0 Å². The Morgan fingerprint density at radius 2 is 2.38 bits per heavy atom. The van der Waals surface area contributed by atoms with E-state index in [1.54, 1.807) is 0 Å². The lowest BCUT2D eigenvalue weighted by Crippen LogP contribution is -2.33. The summed E-state index contributed by atoms with van der Waals surface area (Å²) in [7, 11) is 0. The summed E-state index contributed by atoms with van der Waals surface area (Å²) in [6.45, 7) is 0.528. The summed E-state index contributed by atoms with van der Waals surface area (Å²) in [6, 6.07) is 2.23. The number of rotatable bonds is 3. The number of aromatic amines is 1. The molecule has 6 nitrogen and oxygen atoms in total. The molecule has 0 aliphatic carbocycles. The van der Waals surface area contributed by atoms with Gasteiger partial charge < -0.3 is 10.1 Å². The largest absolute Gasteiger partial charge is 0.481 e. The van der Waals surface area contributed by atoms with Gasteiger partial charge in [-0.3, -0.25) is 14.5 Å². The molecule has 2 aliphatic rings. The van der Waals surface area contributed by atoms with E-state index in [0.717, 1.165) is 18.4 Å². The van der Waals surface area contributed by atoms with Gasteiger partial charge >= 0.3 is 5.97 Å². The minimum Gasteiger partial charge on any atom is -0.481 e. The molecule has 0 amide bonds. The molecule has 2 N–H and O–H groups in total. The third-order valence-electron chi connectivity index (χ3n) is 4.69. The fraction of sp³-hybridized carbons (Fsp3) is 0.500. The number of thiophene rings is 1. The van der Waals surface area contributed by atoms with Crippen molar-refractivity contribution in [1.82, 2.24) is 14.9 Å². The Morgan fingerprint density at radius 1 is 1.52 bits per heavy atom. The first-order valence-electron chi connectivity index (χ1n) is 7.08. The zero-order chi connectivity index (χ0) is 14.6. The minimum absolute atomic E-state index is 0.0796. The van der Waals surface area contributed by atoms with Crippen LogP contribution in [-0.2, 0) is 11.3 Å². The van der Waals surface area contributed by atoms with Crippen molar-refractivity contribution >= 4 is 27.5 Å². The molecule has 3 unspecified atom stereocenters. The second-order valence-corrected chi connectivity index (χ2v) is 6.71. The number of hydrogen-bond acceptors (Lipinski definition) is 5. The highest BCUT2D eigenvalue weighted by molar-refractivity contribution is 7.17. The molecule has 0 aromatic carbocycles. The van der Waals surface area contributed by atoms with Crippen LogP contribution in [0.1, 0.15) is 25.1 Å². The Balaban J connectivity index is 1.63. The van der Waals surface area contributed by atoms with Gasteiger partial charge in [0.25, 0.3) is 5.56 Å². The molecule has 2 bridgehead atoms. The van der Waals surface area contributed by atoms with Gasteiger partial charge in [-0.2, -0.15) is 0 Å². The summed E-state index contributed by atoms with van der Waals surface area (Å²) in [5.74, 6) is -0.351. The van der Waals surface area contributed by atoms with E-state index in [1.807, 2.05) is 11.4 Å². The van der Waals surface area contributed by atoms with E-state index in [2.05, 4.69) is 14.9 Å². The van der Waals surface area contributed by atoms with Crippen molar-refractivity contribution in [3.8, 4) is 0 Å². The minimum atomic E-state index is -0.707. The molecule has 2 fully saturated rings. The summed E-state index contributed by atoms with van der Waals surface area (Å²) in [5, 5.41) is 11.1. The fourth-order valence-electron chi connectivity index (χ4n) is 3.78. The number of aliphatic carboxylic acids is 1. The van der Waals surface area contributed by atoms with Gasteiger partial charge in [-0.1, -0.05) is 0 Å². The highest BCUT2D eigenvalue weighted by Gasteiger charge is 2.49. The van der Waals surface area contributed by atoms with Crippen LogP contribution in [0.3, 0.4) is 0 Å². The molecule has 0 radical (unpaired) electrons. The van der Waals surface area contributed by atoms with E-state index in [9.17, 15) is 14.7 Å². The highest BCUT2D eigenvalue weighted by atomic mass is 32.1. The van der Waals surface area contributed by atoms with Crippen molar-refractivity contribution in [2.24, 2.45) is 5.92 Å². The summed E-state index contributed by atoms with van der Waals surface area (Å²) < 4.78 is 0.645. The molecule has 2 aromatic rings. The van der Waals surface area contributed by atoms with Crippen LogP contribution in [0, 0.1) is 5.92 Å². The number of nitrogens with zero attached hydrogens (tertiary/aromatic N) is 2. The van der Waals surface area contributed by atoms with Gasteiger partial charge in [-0.25, -0.2) is 4.98 Å². The average molecular weight is 305 g/mol. The SMILES string of the molecule is O=C(O)C1CC2CCC1N2Cc1nc2ccsc2c(=O)[nH]1. The van der Waals surface area contributed by atoms with Crippen LogP contribution in [-0.4, -0.2) is 38.0 Å². The van der Waals surface area contributed by atoms with Gasteiger partial charge in [0, 0.05) is 12.1 Å². The van der Waals surface area contributed by atoms with Crippen molar-refractivity contribution in [3.05, 3.63) is 27.6 Å². The molecule has 110 valence electrons. The molecule has 2 aliphatic heterocycles. The topological polar surface area (TPSA) is 86.3 Å². The van der Waals surface area contributed by atoms with Crippen molar-refractivity contribution in [2.45, 2.75) is 37.9 Å². The molecule has 2 saturated heterocycles. The van der Waals surface area contributed by atoms with Crippen LogP contribution in [0.15, 0.2) is 16.2 Å². The van der Waals surface area contributed by atoms with Crippen LogP contribution in [0.2, 0.25) is 0 Å². The number of fused-ring (bicyclic) bond motifs is 3. The van der Waals surface area contributed by atoms with E-state index < -0.39 is 5.97 Å². The molecule has 21 heavy (non-hydrogen) atoms. The number of aromatic nitrogens is 2. The van der Waals surface area contributed by atoms with Crippen LogP contribution >= 0.6 is 11.3 Å². The molecule has 7 heteroatoms. The summed E-state index contributed by atoms with van der Waals surface area (Å²) in [4.78, 5) is 32.8. The summed E-state index contributed by atoms with van der Waals surface area (Å²) >= 11 is 1.39. The van der Waals surface area contributed by atoms with Crippen molar-refractivity contribution < 1.29 is 9.90 Å². The second-order valence-electron chi connectivity index (χ2n) is 5.80. The molecule has 4 heterocycles. The van der Waals surface area contributed by atoms with Crippen LogP contribution < -0.4 is 5.56 Å². The number of H-pyrrole nitrogens is 1. The normalized spacial score (nSPS) is 28.5. The van der Waals surface area contributed by atoms with Crippen molar-refractivity contribution in [1.29, 1.82) is 0 Å². The fourth-order valence-corrected chi connectivity index (χ4v) is 4.51. The molecule has 3 atom stereocenters. The zero-order valence-corrected chi connectivity index (χ0v) is 12.1. The number of hydrogen-bond donors (Lipinski definition) is 2. The Labute approximate surface area is 124 Å². The molecule has 0 spiro atoms. The molecule has 0 saturated carbocycles. The quantitative estimate of drug-likeness (QED) is 0.895. The zero-order valence-electron chi connectivity index (χ0n) is 11.3. The van der Waals surface area contributed by atoms with Crippen molar-refractivity contribution in [3.63, 3.8) is 0 Å². The third kappa shape index (κ3) is 1.99. The van der Waals surface area contributed by atoms with Gasteiger partial charge in [0.05, 0.1) is 18.0 Å². The van der Waals surface area contributed by atoms with Gasteiger partial charge in [-0.15, -0.1) is 11.3 Å². The van der Waals surface area contributed by atoms with Gasteiger partial charge in [0.1, 0.15) is 10.5 Å². The molecule has 2 aromatic heterocycles. The number of carboxylic acid groups (broad SMARTS) is 1. The first kappa shape index (κ1) is 13.0. The first-order chi connectivity index (χ1) is 10.1. The predicted molar refractivity (Wildman–Crippen MR) is 78.3 cm³/mol. The van der Waals surface area contributed by atoms with Gasteiger partial charge in [0.2, 0.25) is 0 Å². The molecular formula is C14H15N3O3S.